The molecule has 0 bridgehead atoms. The Balaban J connectivity index is 1.23. The Morgan fingerprint density at radius 2 is 1.88 bits per heavy atom. The molecule has 0 radical (unpaired) electrons. The Bertz CT molecular complexity index is 931. The molecule has 184 valence electrons. The van der Waals surface area contributed by atoms with Crippen LogP contribution in [0.1, 0.15) is 42.1 Å². The molecule has 3 heterocycles. The van der Waals surface area contributed by atoms with Crippen LogP contribution in [-0.2, 0) is 10.5 Å². The van der Waals surface area contributed by atoms with E-state index in [1.165, 1.54) is 12.8 Å². The first-order chi connectivity index (χ1) is 16.6. The zero-order valence-corrected chi connectivity index (χ0v) is 21.4. The number of ether oxygens (including phenoxy) is 1. The highest BCUT2D eigenvalue weighted by atomic mass is 35.5. The monoisotopic (exact) mass is 503 g/mol. The standard InChI is InChI=1S/C25H34ClN5O2S/c1-19-7-11-31(12-8-19)23-17-22(26)28-25(29-23)34-18-20-3-5-21(6-4-20)24(32)27-9-2-10-30-13-15-33-16-14-30/h3-6,17,19H,2,7-16,18H2,1H3,(H,27,32). The summed E-state index contributed by atoms with van der Waals surface area (Å²) in [4.78, 5) is 26.3. The lowest BCUT2D eigenvalue weighted by molar-refractivity contribution is 0.0374. The van der Waals surface area contributed by atoms with E-state index in [-0.39, 0.29) is 5.91 Å². The first-order valence-electron chi connectivity index (χ1n) is 12.2. The third kappa shape index (κ3) is 7.57. The summed E-state index contributed by atoms with van der Waals surface area (Å²) in [5.41, 5.74) is 1.80. The minimum absolute atomic E-state index is 0.0279. The van der Waals surface area contributed by atoms with Gasteiger partial charge in [-0.3, -0.25) is 9.69 Å². The van der Waals surface area contributed by atoms with E-state index in [0.717, 1.165) is 75.4 Å². The highest BCUT2D eigenvalue weighted by Crippen LogP contribution is 2.27. The van der Waals surface area contributed by atoms with E-state index in [1.807, 2.05) is 30.3 Å². The van der Waals surface area contributed by atoms with Crippen molar-refractivity contribution < 1.29 is 9.53 Å². The van der Waals surface area contributed by atoms with Gasteiger partial charge in [0, 0.05) is 50.1 Å². The van der Waals surface area contributed by atoms with Gasteiger partial charge >= 0.3 is 0 Å². The van der Waals surface area contributed by atoms with Gasteiger partial charge in [-0.05, 0) is 49.4 Å². The van der Waals surface area contributed by atoms with Crippen molar-refractivity contribution in [3.05, 3.63) is 46.6 Å². The molecule has 2 aliphatic rings. The topological polar surface area (TPSA) is 70.6 Å². The van der Waals surface area contributed by atoms with E-state index in [9.17, 15) is 4.79 Å². The molecule has 1 aromatic carbocycles. The summed E-state index contributed by atoms with van der Waals surface area (Å²) in [5.74, 6) is 2.37. The molecule has 2 aromatic rings. The van der Waals surface area contributed by atoms with Gasteiger partial charge in [0.05, 0.1) is 13.2 Å². The van der Waals surface area contributed by atoms with Crippen LogP contribution in [-0.4, -0.2) is 73.3 Å². The summed E-state index contributed by atoms with van der Waals surface area (Å²) in [6.45, 7) is 9.55. The van der Waals surface area contributed by atoms with E-state index in [2.05, 4.69) is 27.0 Å². The average molecular weight is 504 g/mol. The summed E-state index contributed by atoms with van der Waals surface area (Å²) in [5, 5.41) is 4.18. The fraction of sp³-hybridized carbons (Fsp3) is 0.560. The van der Waals surface area contributed by atoms with Crippen molar-refractivity contribution in [1.82, 2.24) is 20.2 Å². The molecule has 9 heteroatoms. The van der Waals surface area contributed by atoms with Crippen LogP contribution in [0.3, 0.4) is 0 Å². The summed E-state index contributed by atoms with van der Waals surface area (Å²) in [6, 6.07) is 9.61. The van der Waals surface area contributed by atoms with Crippen molar-refractivity contribution in [2.75, 3.05) is 57.4 Å². The van der Waals surface area contributed by atoms with Crippen molar-refractivity contribution >= 4 is 35.1 Å². The normalized spacial score (nSPS) is 17.6. The minimum Gasteiger partial charge on any atom is -0.379 e. The van der Waals surface area contributed by atoms with Crippen LogP contribution < -0.4 is 10.2 Å². The van der Waals surface area contributed by atoms with Gasteiger partial charge in [0.1, 0.15) is 11.0 Å². The molecule has 7 nitrogen and oxygen atoms in total. The van der Waals surface area contributed by atoms with Gasteiger partial charge in [-0.15, -0.1) is 0 Å². The van der Waals surface area contributed by atoms with Crippen LogP contribution in [0.4, 0.5) is 5.82 Å². The number of hydrogen-bond acceptors (Lipinski definition) is 7. The maximum absolute atomic E-state index is 12.4. The zero-order chi connectivity index (χ0) is 23.8. The molecule has 2 fully saturated rings. The number of thioether (sulfide) groups is 1. The summed E-state index contributed by atoms with van der Waals surface area (Å²) in [6.07, 6.45) is 3.30. The number of rotatable bonds is 9. The fourth-order valence-corrected chi connectivity index (χ4v) is 5.22. The molecule has 34 heavy (non-hydrogen) atoms. The van der Waals surface area contributed by atoms with Gasteiger partial charge in [-0.25, -0.2) is 9.97 Å². The predicted octanol–water partition coefficient (Wildman–Crippen LogP) is 4.11. The van der Waals surface area contributed by atoms with Crippen LogP contribution in [0.25, 0.3) is 0 Å². The summed E-state index contributed by atoms with van der Waals surface area (Å²) in [7, 11) is 0. The maximum Gasteiger partial charge on any atom is 0.251 e. The molecular weight excluding hydrogens is 470 g/mol. The lowest BCUT2D eigenvalue weighted by Gasteiger charge is -2.31. The second kappa shape index (κ2) is 12.7. The predicted molar refractivity (Wildman–Crippen MR) is 138 cm³/mol. The van der Waals surface area contributed by atoms with E-state index < -0.39 is 0 Å². The Kier molecular flexibility index (Phi) is 9.44. The Hall–Kier alpha value is -1.87. The molecule has 2 aliphatic heterocycles. The third-order valence-electron chi connectivity index (χ3n) is 6.39. The zero-order valence-electron chi connectivity index (χ0n) is 19.8. The van der Waals surface area contributed by atoms with Gasteiger partial charge in [0.15, 0.2) is 5.16 Å². The highest BCUT2D eigenvalue weighted by molar-refractivity contribution is 7.98. The molecule has 0 atom stereocenters. The number of piperidine rings is 1. The fourth-order valence-electron chi connectivity index (χ4n) is 4.18. The molecule has 1 aromatic heterocycles. The molecule has 0 unspecified atom stereocenters. The van der Waals surface area contributed by atoms with Crippen LogP contribution in [0, 0.1) is 5.92 Å². The number of benzene rings is 1. The SMILES string of the molecule is CC1CCN(c2cc(Cl)nc(SCc3ccc(C(=O)NCCCN4CCOCC4)cc3)n2)CC1. The van der Waals surface area contributed by atoms with Crippen molar-refractivity contribution in [2.24, 2.45) is 5.92 Å². The molecule has 0 aliphatic carbocycles. The van der Waals surface area contributed by atoms with E-state index in [1.54, 1.807) is 11.8 Å². The highest BCUT2D eigenvalue weighted by Gasteiger charge is 2.18. The second-order valence-corrected chi connectivity index (χ2v) is 10.4. The summed E-state index contributed by atoms with van der Waals surface area (Å²) >= 11 is 7.85. The quantitative estimate of drug-likeness (QED) is 0.239. The number of hydrogen-bond donors (Lipinski definition) is 1. The van der Waals surface area contributed by atoms with Gasteiger partial charge in [-0.2, -0.15) is 0 Å². The van der Waals surface area contributed by atoms with Crippen LogP contribution in [0.15, 0.2) is 35.5 Å². The lowest BCUT2D eigenvalue weighted by atomic mass is 9.99. The van der Waals surface area contributed by atoms with Crippen LogP contribution >= 0.6 is 23.4 Å². The number of nitrogens with zero attached hydrogens (tertiary/aromatic N) is 4. The first kappa shape index (κ1) is 25.2. The minimum atomic E-state index is -0.0279. The Morgan fingerprint density at radius 1 is 1.15 bits per heavy atom. The average Bonchev–Trinajstić information content (AvgIpc) is 2.86. The van der Waals surface area contributed by atoms with E-state index >= 15 is 0 Å². The largest absolute Gasteiger partial charge is 0.379 e. The number of nitrogens with one attached hydrogen (secondary N) is 1. The molecule has 0 saturated carbocycles. The number of amides is 1. The Labute approximate surface area is 211 Å². The molecular formula is C25H34ClN5O2S. The van der Waals surface area contributed by atoms with Crippen LogP contribution in [0.2, 0.25) is 5.15 Å². The number of halogens is 1. The lowest BCUT2D eigenvalue weighted by Crippen LogP contribution is -2.38. The molecule has 1 N–H and O–H groups in total. The van der Waals surface area contributed by atoms with Gasteiger partial charge in [-0.1, -0.05) is 42.4 Å². The van der Waals surface area contributed by atoms with Crippen molar-refractivity contribution in [3.63, 3.8) is 0 Å². The molecule has 4 rings (SSSR count). The summed E-state index contributed by atoms with van der Waals surface area (Å²) < 4.78 is 5.37. The number of carbonyl (C=O) groups excluding carboxylic acids is 1. The van der Waals surface area contributed by atoms with Gasteiger partial charge in [0.25, 0.3) is 5.91 Å². The molecule has 2 saturated heterocycles. The van der Waals surface area contributed by atoms with Crippen LogP contribution in [0.5, 0.6) is 0 Å². The second-order valence-electron chi connectivity index (χ2n) is 9.05. The van der Waals surface area contributed by atoms with Crippen molar-refractivity contribution in [3.8, 4) is 0 Å². The smallest absolute Gasteiger partial charge is 0.251 e. The number of anilines is 1. The van der Waals surface area contributed by atoms with E-state index in [0.29, 0.717) is 22.4 Å². The van der Waals surface area contributed by atoms with Gasteiger partial charge in [0.2, 0.25) is 0 Å². The first-order valence-corrected chi connectivity index (χ1v) is 13.5. The van der Waals surface area contributed by atoms with E-state index in [4.69, 9.17) is 21.3 Å². The number of aromatic nitrogens is 2. The molecule has 1 amide bonds. The Morgan fingerprint density at radius 3 is 2.62 bits per heavy atom. The van der Waals surface area contributed by atoms with Gasteiger partial charge < -0.3 is 15.0 Å². The van der Waals surface area contributed by atoms with Crippen molar-refractivity contribution in [1.29, 1.82) is 0 Å². The third-order valence-corrected chi connectivity index (χ3v) is 7.50. The number of carbonyl (C=O) groups is 1. The molecule has 0 spiro atoms. The number of morpholine rings is 1. The maximum atomic E-state index is 12.4. The van der Waals surface area contributed by atoms with Crippen molar-refractivity contribution in [2.45, 2.75) is 37.1 Å².